The number of rotatable bonds is 4. The number of amides is 1. The number of imidazole rings is 1. The highest BCUT2D eigenvalue weighted by Crippen LogP contribution is 2.23. The molecule has 2 bridgehead atoms. The van der Waals surface area contributed by atoms with Crippen molar-refractivity contribution in [3.63, 3.8) is 0 Å². The monoisotopic (exact) mass is 389 g/mol. The first-order valence-electron chi connectivity index (χ1n) is 10.6. The van der Waals surface area contributed by atoms with Crippen molar-refractivity contribution < 1.29 is 4.79 Å². The fourth-order valence-electron chi connectivity index (χ4n) is 4.63. The molecule has 2 aliphatic heterocycles. The Hall–Kier alpha value is -2.73. The molecule has 1 N–H and O–H groups in total. The van der Waals surface area contributed by atoms with Crippen LogP contribution in [0.3, 0.4) is 0 Å². The zero-order chi connectivity index (χ0) is 19.6. The van der Waals surface area contributed by atoms with Gasteiger partial charge in [-0.05, 0) is 43.4 Å². The summed E-state index contributed by atoms with van der Waals surface area (Å²) in [6, 6.07) is 12.7. The second-order valence-electron chi connectivity index (χ2n) is 8.35. The van der Waals surface area contributed by atoms with Gasteiger partial charge in [-0.25, -0.2) is 9.97 Å². The molecule has 0 aliphatic carbocycles. The molecule has 6 heteroatoms. The van der Waals surface area contributed by atoms with Crippen molar-refractivity contribution in [2.75, 3.05) is 19.6 Å². The molecule has 2 aliphatic rings. The molecule has 0 saturated carbocycles. The van der Waals surface area contributed by atoms with E-state index in [0.717, 1.165) is 50.2 Å². The zero-order valence-electron chi connectivity index (χ0n) is 16.6. The van der Waals surface area contributed by atoms with Crippen LogP contribution in [-0.2, 0) is 13.0 Å². The summed E-state index contributed by atoms with van der Waals surface area (Å²) in [6.45, 7) is 3.48. The minimum absolute atomic E-state index is 0.0823. The molecule has 0 radical (unpaired) electrons. The lowest BCUT2D eigenvalue weighted by molar-refractivity contribution is 0.0720. The number of fused-ring (bicyclic) bond motifs is 4. The number of hydrogen-bond acceptors (Lipinski definition) is 4. The van der Waals surface area contributed by atoms with E-state index in [0.29, 0.717) is 17.5 Å². The highest BCUT2D eigenvalue weighted by atomic mass is 16.2. The van der Waals surface area contributed by atoms with Crippen LogP contribution in [0.5, 0.6) is 0 Å². The third-order valence-electron chi connectivity index (χ3n) is 6.25. The molecule has 5 rings (SSSR count). The summed E-state index contributed by atoms with van der Waals surface area (Å²) in [6.07, 6.45) is 8.10. The number of benzene rings is 1. The predicted molar refractivity (Wildman–Crippen MR) is 113 cm³/mol. The van der Waals surface area contributed by atoms with Crippen molar-refractivity contribution >= 4 is 17.1 Å². The summed E-state index contributed by atoms with van der Waals surface area (Å²) in [7, 11) is 0. The number of aryl methyl sites for hydroxylation is 2. The SMILES string of the molecule is O=C(c1cnc2c(c1)ncn2CCc1ccccc1)N1C[C@H]2CCC[C@@H](C1)NC2. The lowest BCUT2D eigenvalue weighted by Gasteiger charge is -2.28. The predicted octanol–water partition coefficient (Wildman–Crippen LogP) is 2.89. The Bertz CT molecular complexity index is 985. The van der Waals surface area contributed by atoms with Crippen LogP contribution in [0.25, 0.3) is 11.2 Å². The average molecular weight is 390 g/mol. The van der Waals surface area contributed by atoms with Gasteiger partial charge in [0.15, 0.2) is 5.65 Å². The minimum Gasteiger partial charge on any atom is -0.337 e. The van der Waals surface area contributed by atoms with E-state index >= 15 is 0 Å². The van der Waals surface area contributed by atoms with Crippen molar-refractivity contribution in [1.82, 2.24) is 24.8 Å². The van der Waals surface area contributed by atoms with Crippen LogP contribution in [0.1, 0.15) is 35.2 Å². The van der Waals surface area contributed by atoms with Crippen molar-refractivity contribution in [3.8, 4) is 0 Å². The van der Waals surface area contributed by atoms with Gasteiger partial charge in [-0.1, -0.05) is 36.8 Å². The van der Waals surface area contributed by atoms with E-state index in [9.17, 15) is 4.79 Å². The van der Waals surface area contributed by atoms with Crippen LogP contribution >= 0.6 is 0 Å². The van der Waals surface area contributed by atoms with Gasteiger partial charge in [0, 0.05) is 31.9 Å². The molecule has 0 spiro atoms. The molecule has 1 amide bonds. The van der Waals surface area contributed by atoms with Crippen LogP contribution in [0.2, 0.25) is 0 Å². The smallest absolute Gasteiger partial charge is 0.255 e. The number of pyridine rings is 1. The van der Waals surface area contributed by atoms with Gasteiger partial charge in [-0.3, -0.25) is 4.79 Å². The highest BCUT2D eigenvalue weighted by molar-refractivity contribution is 5.96. The number of likely N-dealkylation sites (tertiary alicyclic amines) is 1. The Labute approximate surface area is 171 Å². The van der Waals surface area contributed by atoms with Gasteiger partial charge in [0.25, 0.3) is 5.91 Å². The zero-order valence-corrected chi connectivity index (χ0v) is 16.6. The molecule has 4 heterocycles. The Morgan fingerprint density at radius 2 is 2.03 bits per heavy atom. The lowest BCUT2D eigenvalue weighted by atomic mass is 9.99. The normalized spacial score (nSPS) is 21.9. The minimum atomic E-state index is 0.0823. The molecule has 2 aromatic heterocycles. The van der Waals surface area contributed by atoms with Crippen LogP contribution in [0.15, 0.2) is 48.9 Å². The second-order valence-corrected chi connectivity index (χ2v) is 8.35. The summed E-state index contributed by atoms with van der Waals surface area (Å²) < 4.78 is 2.07. The molecule has 29 heavy (non-hydrogen) atoms. The quantitative estimate of drug-likeness (QED) is 0.745. The third kappa shape index (κ3) is 3.90. The van der Waals surface area contributed by atoms with Crippen molar-refractivity contribution in [2.45, 2.75) is 38.3 Å². The van der Waals surface area contributed by atoms with E-state index in [4.69, 9.17) is 0 Å². The van der Waals surface area contributed by atoms with Gasteiger partial charge in [0.1, 0.15) is 5.52 Å². The Morgan fingerprint density at radius 1 is 1.14 bits per heavy atom. The number of hydrogen-bond donors (Lipinski definition) is 1. The largest absolute Gasteiger partial charge is 0.337 e. The molecular weight excluding hydrogens is 362 g/mol. The summed E-state index contributed by atoms with van der Waals surface area (Å²) >= 11 is 0. The van der Waals surface area contributed by atoms with Crippen molar-refractivity contribution in [1.29, 1.82) is 0 Å². The Balaban J connectivity index is 1.33. The van der Waals surface area contributed by atoms with Gasteiger partial charge in [0.2, 0.25) is 0 Å². The van der Waals surface area contributed by atoms with Gasteiger partial charge in [-0.15, -0.1) is 0 Å². The summed E-state index contributed by atoms with van der Waals surface area (Å²) in [4.78, 5) is 24.3. The standard InChI is InChI=1S/C23H27N5O/c29-23(28-14-18-7-4-8-20(15-28)24-12-18)19-11-21-22(25-13-19)27(16-26-21)10-9-17-5-2-1-3-6-17/h1-3,5-6,11,13,16,18,20,24H,4,7-10,12,14-15H2/t18-,20-/m0/s1. The van der Waals surface area contributed by atoms with Crippen LogP contribution in [-0.4, -0.2) is 51.0 Å². The fourth-order valence-corrected chi connectivity index (χ4v) is 4.63. The summed E-state index contributed by atoms with van der Waals surface area (Å²) in [5.41, 5.74) is 3.57. The maximum absolute atomic E-state index is 13.2. The average Bonchev–Trinajstić information content (AvgIpc) is 2.89. The lowest BCUT2D eigenvalue weighted by Crippen LogP contribution is -2.41. The van der Waals surface area contributed by atoms with Gasteiger partial charge in [-0.2, -0.15) is 0 Å². The van der Waals surface area contributed by atoms with Gasteiger partial charge in [0.05, 0.1) is 11.9 Å². The number of carbonyl (C=O) groups excluding carboxylic acids is 1. The van der Waals surface area contributed by atoms with E-state index in [1.165, 1.54) is 18.4 Å². The van der Waals surface area contributed by atoms with Gasteiger partial charge < -0.3 is 14.8 Å². The fraction of sp³-hybridized carbons (Fsp3) is 0.435. The van der Waals surface area contributed by atoms with Crippen molar-refractivity contribution in [3.05, 3.63) is 60.0 Å². The molecule has 6 nitrogen and oxygen atoms in total. The Kier molecular flexibility index (Phi) is 5.02. The van der Waals surface area contributed by atoms with Crippen LogP contribution in [0.4, 0.5) is 0 Å². The number of aromatic nitrogens is 3. The molecule has 2 atom stereocenters. The first-order valence-corrected chi connectivity index (χ1v) is 10.6. The molecule has 1 aromatic carbocycles. The molecule has 150 valence electrons. The molecule has 0 unspecified atom stereocenters. The van der Waals surface area contributed by atoms with E-state index in [-0.39, 0.29) is 5.91 Å². The van der Waals surface area contributed by atoms with E-state index < -0.39 is 0 Å². The number of nitrogens with zero attached hydrogens (tertiary/aromatic N) is 4. The number of carbonyl (C=O) groups is 1. The van der Waals surface area contributed by atoms with E-state index in [2.05, 4.69) is 44.1 Å². The maximum atomic E-state index is 13.2. The maximum Gasteiger partial charge on any atom is 0.255 e. The topological polar surface area (TPSA) is 63.1 Å². The molecular formula is C23H27N5O. The van der Waals surface area contributed by atoms with Gasteiger partial charge >= 0.3 is 0 Å². The second kappa shape index (κ2) is 7.95. The molecule has 2 saturated heterocycles. The summed E-state index contributed by atoms with van der Waals surface area (Å²) in [5, 5.41) is 3.62. The van der Waals surface area contributed by atoms with Crippen LogP contribution in [0, 0.1) is 5.92 Å². The Morgan fingerprint density at radius 3 is 2.93 bits per heavy atom. The molecule has 3 aromatic rings. The third-order valence-corrected chi connectivity index (χ3v) is 6.25. The van der Waals surface area contributed by atoms with Crippen molar-refractivity contribution in [2.24, 2.45) is 5.92 Å². The summed E-state index contributed by atoms with van der Waals surface area (Å²) in [5.74, 6) is 0.638. The number of nitrogens with one attached hydrogen (secondary N) is 1. The molecule has 2 fully saturated rings. The van der Waals surface area contributed by atoms with E-state index in [1.54, 1.807) is 6.20 Å². The van der Waals surface area contributed by atoms with E-state index in [1.807, 2.05) is 23.4 Å². The van der Waals surface area contributed by atoms with Crippen LogP contribution < -0.4 is 5.32 Å². The highest BCUT2D eigenvalue weighted by Gasteiger charge is 2.30. The first kappa shape index (κ1) is 18.3. The first-order chi connectivity index (χ1) is 14.3.